The highest BCUT2D eigenvalue weighted by Crippen LogP contribution is 2.32. The van der Waals surface area contributed by atoms with Gasteiger partial charge in [-0.25, -0.2) is 4.39 Å². The number of nitrogens with two attached hydrogens (primary N) is 1. The van der Waals surface area contributed by atoms with Crippen molar-refractivity contribution in [2.24, 2.45) is 5.73 Å². The Labute approximate surface area is 93.8 Å². The normalized spacial score (nSPS) is 14.5. The molecule has 0 aliphatic carbocycles. The minimum Gasteiger partial charge on any atom is -0.371 e. The number of halogens is 2. The SMILES string of the molecule is NCCCN1CCc2cc(F)c(Cl)cc21. The summed E-state index contributed by atoms with van der Waals surface area (Å²) in [4.78, 5) is 2.22. The molecule has 0 aromatic heterocycles. The number of nitrogens with zero attached hydrogens (tertiary/aromatic N) is 1. The number of hydrogen-bond donors (Lipinski definition) is 1. The highest BCUT2D eigenvalue weighted by atomic mass is 35.5. The van der Waals surface area contributed by atoms with Gasteiger partial charge in [-0.1, -0.05) is 11.6 Å². The molecule has 1 aromatic rings. The number of benzene rings is 1. The Bertz CT molecular complexity index is 368. The Kier molecular flexibility index (Phi) is 3.12. The summed E-state index contributed by atoms with van der Waals surface area (Å²) < 4.78 is 13.2. The van der Waals surface area contributed by atoms with Gasteiger partial charge in [0.2, 0.25) is 0 Å². The molecule has 1 aromatic carbocycles. The summed E-state index contributed by atoms with van der Waals surface area (Å²) in [5.74, 6) is -0.323. The number of anilines is 1. The van der Waals surface area contributed by atoms with E-state index in [4.69, 9.17) is 17.3 Å². The summed E-state index contributed by atoms with van der Waals surface area (Å²) >= 11 is 5.77. The molecule has 0 saturated heterocycles. The lowest BCUT2D eigenvalue weighted by molar-refractivity contribution is 0.627. The average molecular weight is 229 g/mol. The smallest absolute Gasteiger partial charge is 0.142 e. The van der Waals surface area contributed by atoms with E-state index >= 15 is 0 Å². The molecule has 0 spiro atoms. The molecule has 0 saturated carbocycles. The van der Waals surface area contributed by atoms with Crippen molar-refractivity contribution in [3.05, 3.63) is 28.5 Å². The molecule has 0 radical (unpaired) electrons. The van der Waals surface area contributed by atoms with Crippen LogP contribution in [0.1, 0.15) is 12.0 Å². The first-order valence-corrected chi connectivity index (χ1v) is 5.53. The van der Waals surface area contributed by atoms with E-state index in [1.807, 2.05) is 0 Å². The Hall–Kier alpha value is -0.800. The van der Waals surface area contributed by atoms with Crippen molar-refractivity contribution < 1.29 is 4.39 Å². The Morgan fingerprint density at radius 1 is 1.47 bits per heavy atom. The molecule has 1 heterocycles. The van der Waals surface area contributed by atoms with Crippen molar-refractivity contribution >= 4 is 17.3 Å². The third kappa shape index (κ3) is 2.08. The van der Waals surface area contributed by atoms with Crippen LogP contribution in [0.5, 0.6) is 0 Å². The van der Waals surface area contributed by atoms with Gasteiger partial charge in [0, 0.05) is 18.8 Å². The van der Waals surface area contributed by atoms with Crippen LogP contribution < -0.4 is 10.6 Å². The van der Waals surface area contributed by atoms with Gasteiger partial charge in [0.1, 0.15) is 5.82 Å². The molecule has 82 valence electrons. The molecular weight excluding hydrogens is 215 g/mol. The first-order valence-electron chi connectivity index (χ1n) is 5.15. The van der Waals surface area contributed by atoms with E-state index < -0.39 is 0 Å². The number of hydrogen-bond acceptors (Lipinski definition) is 2. The van der Waals surface area contributed by atoms with Crippen LogP contribution in [0.15, 0.2) is 12.1 Å². The molecule has 1 aliphatic heterocycles. The first kappa shape index (κ1) is 10.7. The molecular formula is C11H14ClFN2. The monoisotopic (exact) mass is 228 g/mol. The lowest BCUT2D eigenvalue weighted by atomic mass is 10.1. The molecule has 0 bridgehead atoms. The van der Waals surface area contributed by atoms with Crippen LogP contribution >= 0.6 is 11.6 Å². The van der Waals surface area contributed by atoms with Gasteiger partial charge in [-0.05, 0) is 37.1 Å². The fraction of sp³-hybridized carbons (Fsp3) is 0.455. The molecule has 0 unspecified atom stereocenters. The third-order valence-electron chi connectivity index (χ3n) is 2.75. The van der Waals surface area contributed by atoms with E-state index in [1.54, 1.807) is 12.1 Å². The molecule has 2 N–H and O–H groups in total. The quantitative estimate of drug-likeness (QED) is 0.860. The average Bonchev–Trinajstić information content (AvgIpc) is 2.59. The predicted molar refractivity (Wildman–Crippen MR) is 61.0 cm³/mol. The van der Waals surface area contributed by atoms with Crippen molar-refractivity contribution in [1.82, 2.24) is 0 Å². The van der Waals surface area contributed by atoms with Gasteiger partial charge in [-0.3, -0.25) is 0 Å². The zero-order chi connectivity index (χ0) is 10.8. The van der Waals surface area contributed by atoms with Gasteiger partial charge in [-0.15, -0.1) is 0 Å². The largest absolute Gasteiger partial charge is 0.371 e. The second-order valence-corrected chi connectivity index (χ2v) is 4.18. The standard InChI is InChI=1S/C11H14ClFN2/c12-9-7-11-8(6-10(9)13)2-5-15(11)4-1-3-14/h6-7H,1-5,14H2. The molecule has 0 fully saturated rings. The second kappa shape index (κ2) is 4.37. The van der Waals surface area contributed by atoms with E-state index in [2.05, 4.69) is 4.90 Å². The van der Waals surface area contributed by atoms with E-state index in [0.29, 0.717) is 6.54 Å². The van der Waals surface area contributed by atoms with Gasteiger partial charge in [-0.2, -0.15) is 0 Å². The maximum absolute atomic E-state index is 13.2. The van der Waals surface area contributed by atoms with Crippen LogP contribution in [0.4, 0.5) is 10.1 Å². The molecule has 2 nitrogen and oxygen atoms in total. The van der Waals surface area contributed by atoms with Gasteiger partial charge in [0.05, 0.1) is 5.02 Å². The van der Waals surface area contributed by atoms with E-state index in [9.17, 15) is 4.39 Å². The maximum Gasteiger partial charge on any atom is 0.142 e. The fourth-order valence-electron chi connectivity index (χ4n) is 1.96. The molecule has 0 amide bonds. The Morgan fingerprint density at radius 3 is 3.00 bits per heavy atom. The number of fused-ring (bicyclic) bond motifs is 1. The summed E-state index contributed by atoms with van der Waals surface area (Å²) in [7, 11) is 0. The Morgan fingerprint density at radius 2 is 2.27 bits per heavy atom. The van der Waals surface area contributed by atoms with E-state index in [1.165, 1.54) is 0 Å². The van der Waals surface area contributed by atoms with Crippen LogP contribution in [0.3, 0.4) is 0 Å². The summed E-state index contributed by atoms with van der Waals surface area (Å²) in [5.41, 5.74) is 7.58. The minimum atomic E-state index is -0.323. The molecule has 1 aliphatic rings. The lowest BCUT2D eigenvalue weighted by Crippen LogP contribution is -2.23. The molecule has 2 rings (SSSR count). The molecule has 0 atom stereocenters. The van der Waals surface area contributed by atoms with E-state index in [-0.39, 0.29) is 10.8 Å². The van der Waals surface area contributed by atoms with Crippen LogP contribution in [-0.2, 0) is 6.42 Å². The van der Waals surface area contributed by atoms with Crippen LogP contribution in [0, 0.1) is 5.82 Å². The van der Waals surface area contributed by atoms with Crippen molar-refractivity contribution in [2.45, 2.75) is 12.8 Å². The van der Waals surface area contributed by atoms with Crippen molar-refractivity contribution in [1.29, 1.82) is 0 Å². The third-order valence-corrected chi connectivity index (χ3v) is 3.04. The summed E-state index contributed by atoms with van der Waals surface area (Å²) in [6.45, 7) is 2.54. The van der Waals surface area contributed by atoms with Gasteiger partial charge in [0.25, 0.3) is 0 Å². The van der Waals surface area contributed by atoms with Crippen LogP contribution in [0.2, 0.25) is 5.02 Å². The summed E-state index contributed by atoms with van der Waals surface area (Å²) in [5, 5.41) is 0.202. The second-order valence-electron chi connectivity index (χ2n) is 3.77. The summed E-state index contributed by atoms with van der Waals surface area (Å²) in [6.07, 6.45) is 1.85. The molecule has 4 heteroatoms. The van der Waals surface area contributed by atoms with Crippen molar-refractivity contribution in [3.63, 3.8) is 0 Å². The minimum absolute atomic E-state index is 0.202. The highest BCUT2D eigenvalue weighted by molar-refractivity contribution is 6.31. The molecule has 15 heavy (non-hydrogen) atoms. The van der Waals surface area contributed by atoms with Crippen LogP contribution in [0.25, 0.3) is 0 Å². The zero-order valence-corrected chi connectivity index (χ0v) is 9.23. The van der Waals surface area contributed by atoms with Gasteiger partial charge >= 0.3 is 0 Å². The van der Waals surface area contributed by atoms with E-state index in [0.717, 1.165) is 37.2 Å². The van der Waals surface area contributed by atoms with Crippen molar-refractivity contribution in [3.8, 4) is 0 Å². The van der Waals surface area contributed by atoms with Gasteiger partial charge < -0.3 is 10.6 Å². The topological polar surface area (TPSA) is 29.3 Å². The van der Waals surface area contributed by atoms with Crippen molar-refractivity contribution in [2.75, 3.05) is 24.5 Å². The lowest BCUT2D eigenvalue weighted by Gasteiger charge is -2.19. The zero-order valence-electron chi connectivity index (χ0n) is 8.47. The highest BCUT2D eigenvalue weighted by Gasteiger charge is 2.20. The van der Waals surface area contributed by atoms with Crippen LogP contribution in [-0.4, -0.2) is 19.6 Å². The Balaban J connectivity index is 2.22. The number of rotatable bonds is 3. The maximum atomic E-state index is 13.2. The van der Waals surface area contributed by atoms with Gasteiger partial charge in [0.15, 0.2) is 0 Å². The first-order chi connectivity index (χ1) is 7.22. The fourth-order valence-corrected chi connectivity index (χ4v) is 2.12. The predicted octanol–water partition coefficient (Wildman–Crippen LogP) is 2.19. The summed E-state index contributed by atoms with van der Waals surface area (Å²) in [6, 6.07) is 3.26.